The van der Waals surface area contributed by atoms with E-state index in [0.717, 1.165) is 6.42 Å². The summed E-state index contributed by atoms with van der Waals surface area (Å²) in [4.78, 5) is 11.1. The average molecular weight is 207 g/mol. The fraction of sp³-hybridized carbons (Fsp3) is 0.364. The molecule has 0 spiro atoms. The standard InChI is InChI=1S/C11H17N3O/c12-7-9-14-11(15)13-8-6-10-4-2-1-3-5-10/h1-5H,6-9,12H2,(H2,13,14,15). The lowest BCUT2D eigenvalue weighted by Gasteiger charge is -2.06. The van der Waals surface area contributed by atoms with Gasteiger partial charge in [0.15, 0.2) is 0 Å². The number of carbonyl (C=O) groups excluding carboxylic acids is 1. The van der Waals surface area contributed by atoms with E-state index < -0.39 is 0 Å². The number of nitrogens with one attached hydrogen (secondary N) is 2. The predicted molar refractivity (Wildman–Crippen MR) is 60.6 cm³/mol. The SMILES string of the molecule is NCCNC(=O)NCCc1ccccc1. The molecule has 0 aliphatic carbocycles. The molecule has 4 nitrogen and oxygen atoms in total. The molecule has 0 aromatic heterocycles. The van der Waals surface area contributed by atoms with Gasteiger partial charge in [0, 0.05) is 19.6 Å². The number of rotatable bonds is 5. The van der Waals surface area contributed by atoms with Crippen LogP contribution in [0.2, 0.25) is 0 Å². The van der Waals surface area contributed by atoms with Gasteiger partial charge >= 0.3 is 6.03 Å². The lowest BCUT2D eigenvalue weighted by atomic mass is 10.1. The first-order valence-electron chi connectivity index (χ1n) is 5.08. The molecule has 1 rings (SSSR count). The van der Waals surface area contributed by atoms with Crippen LogP contribution in [0.5, 0.6) is 0 Å². The Morgan fingerprint density at radius 1 is 1.13 bits per heavy atom. The van der Waals surface area contributed by atoms with Crippen molar-refractivity contribution in [2.24, 2.45) is 5.73 Å². The summed E-state index contributed by atoms with van der Waals surface area (Å²) in [5, 5.41) is 5.40. The van der Waals surface area contributed by atoms with Crippen LogP contribution in [0.3, 0.4) is 0 Å². The number of nitrogens with two attached hydrogens (primary N) is 1. The minimum atomic E-state index is -0.156. The van der Waals surface area contributed by atoms with Gasteiger partial charge in [0.2, 0.25) is 0 Å². The summed E-state index contributed by atoms with van der Waals surface area (Å²) in [7, 11) is 0. The third-order valence-corrected chi connectivity index (χ3v) is 1.97. The lowest BCUT2D eigenvalue weighted by Crippen LogP contribution is -2.39. The number of benzene rings is 1. The maximum Gasteiger partial charge on any atom is 0.314 e. The maximum absolute atomic E-state index is 11.1. The van der Waals surface area contributed by atoms with Gasteiger partial charge < -0.3 is 16.4 Å². The van der Waals surface area contributed by atoms with Crippen LogP contribution < -0.4 is 16.4 Å². The molecular weight excluding hydrogens is 190 g/mol. The second kappa shape index (κ2) is 6.84. The van der Waals surface area contributed by atoms with Crippen molar-refractivity contribution in [1.29, 1.82) is 0 Å². The van der Waals surface area contributed by atoms with E-state index in [1.807, 2.05) is 30.3 Å². The van der Waals surface area contributed by atoms with Gasteiger partial charge in [0.1, 0.15) is 0 Å². The minimum Gasteiger partial charge on any atom is -0.338 e. The van der Waals surface area contributed by atoms with Gasteiger partial charge in [-0.15, -0.1) is 0 Å². The Morgan fingerprint density at radius 3 is 2.47 bits per heavy atom. The average Bonchev–Trinajstić information content (AvgIpc) is 2.28. The molecule has 0 saturated carbocycles. The van der Waals surface area contributed by atoms with Crippen LogP contribution in [-0.2, 0) is 6.42 Å². The van der Waals surface area contributed by atoms with E-state index >= 15 is 0 Å². The molecule has 4 heteroatoms. The summed E-state index contributed by atoms with van der Waals surface area (Å²) in [5.74, 6) is 0. The Bertz CT molecular complexity index is 287. The van der Waals surface area contributed by atoms with Gasteiger partial charge in [0.25, 0.3) is 0 Å². The van der Waals surface area contributed by atoms with Crippen LogP contribution in [-0.4, -0.2) is 25.7 Å². The quantitative estimate of drug-likeness (QED) is 0.657. The van der Waals surface area contributed by atoms with Crippen LogP contribution >= 0.6 is 0 Å². The van der Waals surface area contributed by atoms with E-state index in [-0.39, 0.29) is 6.03 Å². The van der Waals surface area contributed by atoms with Gasteiger partial charge in [0.05, 0.1) is 0 Å². The summed E-state index contributed by atoms with van der Waals surface area (Å²) in [5.41, 5.74) is 6.47. The molecule has 4 N–H and O–H groups in total. The number of hydrogen-bond donors (Lipinski definition) is 3. The van der Waals surface area contributed by atoms with Crippen molar-refractivity contribution >= 4 is 6.03 Å². The van der Waals surface area contributed by atoms with Gasteiger partial charge in [-0.05, 0) is 12.0 Å². The monoisotopic (exact) mass is 207 g/mol. The summed E-state index contributed by atoms with van der Waals surface area (Å²) in [6.07, 6.45) is 0.844. The van der Waals surface area contributed by atoms with Crippen LogP contribution in [0.15, 0.2) is 30.3 Å². The van der Waals surface area contributed by atoms with E-state index in [1.54, 1.807) is 0 Å². The Kier molecular flexibility index (Phi) is 5.25. The van der Waals surface area contributed by atoms with E-state index in [4.69, 9.17) is 5.73 Å². The summed E-state index contributed by atoms with van der Waals surface area (Å²) < 4.78 is 0. The van der Waals surface area contributed by atoms with Crippen molar-refractivity contribution in [3.63, 3.8) is 0 Å². The van der Waals surface area contributed by atoms with E-state index in [1.165, 1.54) is 5.56 Å². The van der Waals surface area contributed by atoms with Crippen molar-refractivity contribution in [1.82, 2.24) is 10.6 Å². The van der Waals surface area contributed by atoms with Crippen LogP contribution in [0.1, 0.15) is 5.56 Å². The van der Waals surface area contributed by atoms with Crippen molar-refractivity contribution in [2.75, 3.05) is 19.6 Å². The van der Waals surface area contributed by atoms with Crippen molar-refractivity contribution < 1.29 is 4.79 Å². The zero-order valence-corrected chi connectivity index (χ0v) is 8.70. The zero-order valence-electron chi connectivity index (χ0n) is 8.70. The number of amides is 2. The molecule has 1 aromatic rings. The van der Waals surface area contributed by atoms with E-state index in [2.05, 4.69) is 10.6 Å². The van der Waals surface area contributed by atoms with Gasteiger partial charge in [-0.3, -0.25) is 0 Å². The van der Waals surface area contributed by atoms with Crippen molar-refractivity contribution in [3.05, 3.63) is 35.9 Å². The molecule has 0 heterocycles. The summed E-state index contributed by atoms with van der Waals surface area (Å²) >= 11 is 0. The molecule has 82 valence electrons. The second-order valence-corrected chi connectivity index (χ2v) is 3.21. The third kappa shape index (κ3) is 5.02. The largest absolute Gasteiger partial charge is 0.338 e. The maximum atomic E-state index is 11.1. The molecule has 0 aliphatic rings. The first kappa shape index (κ1) is 11.5. The first-order valence-corrected chi connectivity index (χ1v) is 5.08. The molecule has 15 heavy (non-hydrogen) atoms. The van der Waals surface area contributed by atoms with Crippen LogP contribution in [0, 0.1) is 0 Å². The predicted octanol–water partition coefficient (Wildman–Crippen LogP) is 0.487. The highest BCUT2D eigenvalue weighted by atomic mass is 16.2. The molecule has 0 fully saturated rings. The summed E-state index contributed by atoms with van der Waals surface area (Å²) in [6, 6.07) is 9.88. The van der Waals surface area contributed by atoms with Crippen molar-refractivity contribution in [3.8, 4) is 0 Å². The third-order valence-electron chi connectivity index (χ3n) is 1.97. The normalized spacial score (nSPS) is 9.67. The van der Waals surface area contributed by atoms with Gasteiger partial charge in [-0.25, -0.2) is 4.79 Å². The van der Waals surface area contributed by atoms with E-state index in [9.17, 15) is 4.79 Å². The first-order chi connectivity index (χ1) is 7.33. The Labute approximate surface area is 89.9 Å². The molecular formula is C11H17N3O. The smallest absolute Gasteiger partial charge is 0.314 e. The fourth-order valence-corrected chi connectivity index (χ4v) is 1.21. The molecule has 0 bridgehead atoms. The van der Waals surface area contributed by atoms with Crippen molar-refractivity contribution in [2.45, 2.75) is 6.42 Å². The molecule has 0 radical (unpaired) electrons. The molecule has 1 aromatic carbocycles. The van der Waals surface area contributed by atoms with Crippen LogP contribution in [0.25, 0.3) is 0 Å². The molecule has 0 aliphatic heterocycles. The zero-order chi connectivity index (χ0) is 10.9. The highest BCUT2D eigenvalue weighted by Gasteiger charge is 1.97. The van der Waals surface area contributed by atoms with Crippen LogP contribution in [0.4, 0.5) is 4.79 Å². The highest BCUT2D eigenvalue weighted by molar-refractivity contribution is 5.73. The van der Waals surface area contributed by atoms with Gasteiger partial charge in [-0.1, -0.05) is 30.3 Å². The molecule has 0 saturated heterocycles. The fourth-order valence-electron chi connectivity index (χ4n) is 1.21. The number of hydrogen-bond acceptors (Lipinski definition) is 2. The number of carbonyl (C=O) groups is 1. The highest BCUT2D eigenvalue weighted by Crippen LogP contribution is 1.97. The Hall–Kier alpha value is -1.55. The Balaban J connectivity index is 2.14. The molecule has 0 unspecified atom stereocenters. The van der Waals surface area contributed by atoms with Gasteiger partial charge in [-0.2, -0.15) is 0 Å². The summed E-state index contributed by atoms with van der Waals surface area (Å²) in [6.45, 7) is 1.61. The second-order valence-electron chi connectivity index (χ2n) is 3.21. The molecule has 0 atom stereocenters. The number of urea groups is 1. The topological polar surface area (TPSA) is 67.1 Å². The Morgan fingerprint density at radius 2 is 1.80 bits per heavy atom. The van der Waals surface area contributed by atoms with E-state index in [0.29, 0.717) is 19.6 Å². The molecule has 2 amide bonds. The lowest BCUT2D eigenvalue weighted by molar-refractivity contribution is 0.241. The minimum absolute atomic E-state index is 0.156.